The highest BCUT2D eigenvalue weighted by Gasteiger charge is 2.29. The molecule has 2 aliphatic rings. The van der Waals surface area contributed by atoms with Crippen LogP contribution < -0.4 is 5.32 Å². The zero-order chi connectivity index (χ0) is 15.9. The smallest absolute Gasteiger partial charge is 0.239 e. The number of nitrogens with zero attached hydrogens (tertiary/aromatic N) is 2. The Morgan fingerprint density at radius 2 is 2.32 bits per heavy atom. The van der Waals surface area contributed by atoms with Crippen LogP contribution in [0.15, 0.2) is 0 Å². The summed E-state index contributed by atoms with van der Waals surface area (Å²) in [5, 5.41) is 3.00. The van der Waals surface area contributed by atoms with Crippen molar-refractivity contribution in [1.82, 2.24) is 15.1 Å². The van der Waals surface area contributed by atoms with Crippen LogP contribution >= 0.6 is 0 Å². The first-order chi connectivity index (χ1) is 10.6. The van der Waals surface area contributed by atoms with Gasteiger partial charge in [0.05, 0.1) is 25.8 Å². The minimum Gasteiger partial charge on any atom is -0.379 e. The summed E-state index contributed by atoms with van der Waals surface area (Å²) >= 11 is 0. The van der Waals surface area contributed by atoms with Crippen molar-refractivity contribution in [2.45, 2.75) is 31.4 Å². The summed E-state index contributed by atoms with van der Waals surface area (Å²) in [4.78, 5) is 27.4. The van der Waals surface area contributed by atoms with Crippen LogP contribution in [0.5, 0.6) is 0 Å². The average molecular weight is 313 g/mol. The molecular weight excluding hydrogens is 286 g/mol. The lowest BCUT2D eigenvalue weighted by atomic mass is 10.1. The summed E-state index contributed by atoms with van der Waals surface area (Å²) in [5.41, 5.74) is 0. The topological polar surface area (TPSA) is 71.1 Å². The number of ether oxygens (including phenoxy) is 2. The highest BCUT2D eigenvalue weighted by Crippen LogP contribution is 2.13. The first kappa shape index (κ1) is 17.2. The molecular formula is C15H27N3O4. The molecule has 2 heterocycles. The predicted molar refractivity (Wildman–Crippen MR) is 81.5 cm³/mol. The van der Waals surface area contributed by atoms with Gasteiger partial charge in [0.1, 0.15) is 6.10 Å². The molecule has 2 atom stereocenters. The van der Waals surface area contributed by atoms with Crippen molar-refractivity contribution in [3.05, 3.63) is 0 Å². The summed E-state index contributed by atoms with van der Waals surface area (Å²) in [6.07, 6.45) is 2.03. The van der Waals surface area contributed by atoms with Gasteiger partial charge in [-0.3, -0.25) is 9.59 Å². The standard InChI is InChI=1S/C15H27N3O4/c1-17(2)7-9-22-13-11-21-8-5-12(13)16-14(19)10-18-6-3-4-15(18)20/h12-13H,3-11H2,1-2H3,(H,16,19)/t12-,13-/m1/s1. The van der Waals surface area contributed by atoms with E-state index in [1.807, 2.05) is 14.1 Å². The molecule has 7 nitrogen and oxygen atoms in total. The zero-order valence-electron chi connectivity index (χ0n) is 13.5. The van der Waals surface area contributed by atoms with Gasteiger partial charge in [0, 0.05) is 26.1 Å². The van der Waals surface area contributed by atoms with E-state index in [0.29, 0.717) is 32.8 Å². The average Bonchev–Trinajstić information content (AvgIpc) is 2.85. The molecule has 0 aliphatic carbocycles. The quantitative estimate of drug-likeness (QED) is 0.683. The van der Waals surface area contributed by atoms with E-state index in [1.54, 1.807) is 4.90 Å². The van der Waals surface area contributed by atoms with Gasteiger partial charge in [0.15, 0.2) is 0 Å². The highest BCUT2D eigenvalue weighted by molar-refractivity contribution is 5.85. The molecule has 0 aromatic rings. The molecule has 0 aromatic heterocycles. The van der Waals surface area contributed by atoms with E-state index in [-0.39, 0.29) is 30.5 Å². The van der Waals surface area contributed by atoms with Gasteiger partial charge in [-0.15, -0.1) is 0 Å². The van der Waals surface area contributed by atoms with Crippen molar-refractivity contribution >= 4 is 11.8 Å². The Bertz CT molecular complexity index is 389. The molecule has 126 valence electrons. The van der Waals surface area contributed by atoms with Crippen LogP contribution in [0.2, 0.25) is 0 Å². The number of carbonyl (C=O) groups excluding carboxylic acids is 2. The van der Waals surface area contributed by atoms with Crippen molar-refractivity contribution in [3.63, 3.8) is 0 Å². The number of hydrogen-bond acceptors (Lipinski definition) is 5. The number of carbonyl (C=O) groups is 2. The third kappa shape index (κ3) is 5.23. The lowest BCUT2D eigenvalue weighted by Gasteiger charge is -2.32. The van der Waals surface area contributed by atoms with Crippen LogP contribution in [0.1, 0.15) is 19.3 Å². The fourth-order valence-electron chi connectivity index (χ4n) is 2.72. The van der Waals surface area contributed by atoms with Crippen LogP contribution in [-0.4, -0.2) is 87.3 Å². The Balaban J connectivity index is 1.77. The number of nitrogens with one attached hydrogen (secondary N) is 1. The van der Waals surface area contributed by atoms with Gasteiger partial charge in [0.25, 0.3) is 0 Å². The third-order valence-corrected chi connectivity index (χ3v) is 4.03. The fraction of sp³-hybridized carbons (Fsp3) is 0.867. The van der Waals surface area contributed by atoms with Crippen molar-refractivity contribution < 1.29 is 19.1 Å². The van der Waals surface area contributed by atoms with Crippen LogP contribution in [0.4, 0.5) is 0 Å². The molecule has 0 bridgehead atoms. The molecule has 2 amide bonds. The lowest BCUT2D eigenvalue weighted by molar-refractivity contribution is -0.135. The van der Waals surface area contributed by atoms with Gasteiger partial charge in [-0.2, -0.15) is 0 Å². The van der Waals surface area contributed by atoms with E-state index in [0.717, 1.165) is 19.4 Å². The highest BCUT2D eigenvalue weighted by atomic mass is 16.5. The van der Waals surface area contributed by atoms with Crippen molar-refractivity contribution in [1.29, 1.82) is 0 Å². The van der Waals surface area contributed by atoms with E-state index < -0.39 is 0 Å². The van der Waals surface area contributed by atoms with Gasteiger partial charge in [-0.1, -0.05) is 0 Å². The van der Waals surface area contributed by atoms with Crippen LogP contribution in [0.25, 0.3) is 0 Å². The van der Waals surface area contributed by atoms with E-state index in [1.165, 1.54) is 0 Å². The normalized spacial score (nSPS) is 25.8. The van der Waals surface area contributed by atoms with Gasteiger partial charge >= 0.3 is 0 Å². The van der Waals surface area contributed by atoms with Gasteiger partial charge in [0.2, 0.25) is 11.8 Å². The summed E-state index contributed by atoms with van der Waals surface area (Å²) < 4.78 is 11.3. The molecule has 7 heteroatoms. The van der Waals surface area contributed by atoms with Crippen LogP contribution in [0.3, 0.4) is 0 Å². The first-order valence-electron chi connectivity index (χ1n) is 7.97. The summed E-state index contributed by atoms with van der Waals surface area (Å²) in [7, 11) is 3.99. The van der Waals surface area contributed by atoms with E-state index in [4.69, 9.17) is 9.47 Å². The molecule has 0 aromatic carbocycles. The third-order valence-electron chi connectivity index (χ3n) is 4.03. The molecule has 1 N–H and O–H groups in total. The molecule has 22 heavy (non-hydrogen) atoms. The molecule has 2 fully saturated rings. The van der Waals surface area contributed by atoms with Gasteiger partial charge in [-0.25, -0.2) is 0 Å². The Kier molecular flexibility index (Phi) is 6.60. The molecule has 2 saturated heterocycles. The summed E-state index contributed by atoms with van der Waals surface area (Å²) in [6, 6.07) is -0.0406. The van der Waals surface area contributed by atoms with E-state index >= 15 is 0 Å². The van der Waals surface area contributed by atoms with Crippen molar-refractivity contribution in [3.8, 4) is 0 Å². The number of likely N-dealkylation sites (N-methyl/N-ethyl adjacent to an activating group) is 1. The molecule has 0 saturated carbocycles. The maximum Gasteiger partial charge on any atom is 0.239 e. The van der Waals surface area contributed by atoms with E-state index in [9.17, 15) is 9.59 Å². The number of hydrogen-bond donors (Lipinski definition) is 1. The SMILES string of the molecule is CN(C)CCO[C@@H]1COCC[C@H]1NC(=O)CN1CCCC1=O. The van der Waals surface area contributed by atoms with E-state index in [2.05, 4.69) is 10.2 Å². The molecule has 0 radical (unpaired) electrons. The van der Waals surface area contributed by atoms with Crippen molar-refractivity contribution in [2.75, 3.05) is 53.6 Å². The Labute approximate surface area is 131 Å². The van der Waals surface area contributed by atoms with Crippen molar-refractivity contribution in [2.24, 2.45) is 0 Å². The summed E-state index contributed by atoms with van der Waals surface area (Å²) in [6.45, 7) is 3.41. The minimum atomic E-state index is -0.119. The number of rotatable bonds is 7. The maximum absolute atomic E-state index is 12.1. The second-order valence-corrected chi connectivity index (χ2v) is 6.17. The molecule has 2 aliphatic heterocycles. The van der Waals surface area contributed by atoms with Crippen LogP contribution in [-0.2, 0) is 19.1 Å². The second-order valence-electron chi connectivity index (χ2n) is 6.17. The number of likely N-dealkylation sites (tertiary alicyclic amines) is 1. The zero-order valence-corrected chi connectivity index (χ0v) is 13.5. The molecule has 0 unspecified atom stereocenters. The second kappa shape index (κ2) is 8.45. The monoisotopic (exact) mass is 313 g/mol. The number of amides is 2. The van der Waals surface area contributed by atoms with Gasteiger partial charge in [-0.05, 0) is 26.9 Å². The van der Waals surface area contributed by atoms with Gasteiger partial charge < -0.3 is 24.6 Å². The lowest BCUT2D eigenvalue weighted by Crippen LogP contribution is -2.52. The summed E-state index contributed by atoms with van der Waals surface area (Å²) in [5.74, 6) is -0.0377. The Morgan fingerprint density at radius 3 is 3.00 bits per heavy atom. The fourth-order valence-corrected chi connectivity index (χ4v) is 2.72. The largest absolute Gasteiger partial charge is 0.379 e. The molecule has 0 spiro atoms. The maximum atomic E-state index is 12.1. The van der Waals surface area contributed by atoms with Crippen LogP contribution in [0, 0.1) is 0 Å². The minimum absolute atomic E-state index is 0.0406. The molecule has 2 rings (SSSR count). The first-order valence-corrected chi connectivity index (χ1v) is 7.97. The predicted octanol–water partition coefficient (Wildman–Crippen LogP) is -0.539. The Morgan fingerprint density at radius 1 is 1.50 bits per heavy atom. The Hall–Kier alpha value is -1.18.